The van der Waals surface area contributed by atoms with Gasteiger partial charge in [0.25, 0.3) is 0 Å². The van der Waals surface area contributed by atoms with E-state index in [4.69, 9.17) is 4.55 Å². The number of halogens is 9. The van der Waals surface area contributed by atoms with Gasteiger partial charge in [-0.25, -0.2) is 0 Å². The van der Waals surface area contributed by atoms with Crippen molar-refractivity contribution < 1.29 is 52.5 Å². The van der Waals surface area contributed by atoms with Gasteiger partial charge in [0.05, 0.1) is 0 Å². The van der Waals surface area contributed by atoms with Gasteiger partial charge in [-0.1, -0.05) is 45.1 Å². The Hall–Kier alpha value is -1.44. The molecule has 0 unspecified atom stereocenters. The molecule has 1 N–H and O–H groups in total. The molecule has 0 radical (unpaired) electrons. The van der Waals surface area contributed by atoms with Gasteiger partial charge in [0.1, 0.15) is 0 Å². The van der Waals surface area contributed by atoms with Crippen LogP contribution in [-0.2, 0) is 10.1 Å². The topological polar surface area (TPSA) is 57.6 Å². The first kappa shape index (κ1) is 30.6. The van der Waals surface area contributed by atoms with Gasteiger partial charge in [-0.3, -0.25) is 4.55 Å². The molecule has 1 rings (SSSR count). The maximum atomic E-state index is 12.2. The third-order valence-corrected chi connectivity index (χ3v) is 5.35. The van der Waals surface area contributed by atoms with Crippen molar-refractivity contribution >= 4 is 10.1 Å². The molecule has 0 aliphatic carbocycles. The lowest BCUT2D eigenvalue weighted by Gasteiger charge is -2.31. The molecule has 1 heterocycles. The number of hydrogen-bond donors (Lipinski definition) is 1. The van der Waals surface area contributed by atoms with Crippen LogP contribution in [0.4, 0.5) is 39.5 Å². The normalized spacial score (nSPS) is 15.9. The van der Waals surface area contributed by atoms with Crippen molar-refractivity contribution in [3.63, 3.8) is 0 Å². The number of unbranched alkanes of at least 4 members (excludes halogenated alkanes) is 5. The second kappa shape index (κ2) is 11.6. The third kappa shape index (κ3) is 7.85. The Bertz CT molecular complexity index is 747. The van der Waals surface area contributed by atoms with E-state index in [9.17, 15) is 47.9 Å². The smallest absolute Gasteiger partial charge is 0.377 e. The fraction of sp³-hybridized carbons (Fsp3) is 0.778. The van der Waals surface area contributed by atoms with E-state index in [0.29, 0.717) is 0 Å². The van der Waals surface area contributed by atoms with Crippen LogP contribution in [0.3, 0.4) is 0 Å². The van der Waals surface area contributed by atoms with E-state index < -0.39 is 33.4 Å². The summed E-state index contributed by atoms with van der Waals surface area (Å²) in [5.41, 5.74) is 1.53. The van der Waals surface area contributed by atoms with Crippen molar-refractivity contribution in [1.29, 1.82) is 0 Å². The van der Waals surface area contributed by atoms with Crippen molar-refractivity contribution in [3.8, 4) is 0 Å². The molecule has 0 aromatic heterocycles. The molecule has 0 bridgehead atoms. The Labute approximate surface area is 180 Å². The summed E-state index contributed by atoms with van der Waals surface area (Å²) in [5.74, 6) is -14.7. The zero-order chi connectivity index (χ0) is 25.4. The predicted molar refractivity (Wildman–Crippen MR) is 100 cm³/mol. The summed E-state index contributed by atoms with van der Waals surface area (Å²) < 4.78 is 134. The average molecular weight is 507 g/mol. The van der Waals surface area contributed by atoms with Crippen LogP contribution >= 0.6 is 0 Å². The third-order valence-electron chi connectivity index (χ3n) is 4.44. The summed E-state index contributed by atoms with van der Waals surface area (Å²) in [5, 5.41) is -7.00. The Morgan fingerprint density at radius 2 is 1.41 bits per heavy atom. The molecule has 0 amide bonds. The summed E-state index contributed by atoms with van der Waals surface area (Å²) in [6.45, 7) is 3.36. The van der Waals surface area contributed by atoms with E-state index in [1.54, 1.807) is 0 Å². The van der Waals surface area contributed by atoms with E-state index >= 15 is 0 Å². The van der Waals surface area contributed by atoms with Crippen molar-refractivity contribution in [2.75, 3.05) is 13.6 Å². The molecule has 0 aromatic carbocycles. The fourth-order valence-corrected chi connectivity index (χ4v) is 2.88. The summed E-state index contributed by atoms with van der Waals surface area (Å²) >= 11 is 0. The first-order valence-electron chi connectivity index (χ1n) is 9.57. The van der Waals surface area contributed by atoms with E-state index in [1.165, 1.54) is 50.5 Å². The fourth-order valence-electron chi connectivity index (χ4n) is 2.43. The quantitative estimate of drug-likeness (QED) is 0.211. The number of rotatable bonds is 10. The zero-order valence-corrected chi connectivity index (χ0v) is 18.2. The molecular weight excluding hydrogens is 481 g/mol. The van der Waals surface area contributed by atoms with Gasteiger partial charge in [-0.05, 0) is 30.7 Å². The highest BCUT2D eigenvalue weighted by atomic mass is 32.2. The highest BCUT2D eigenvalue weighted by Gasteiger charge is 2.85. The van der Waals surface area contributed by atoms with Gasteiger partial charge < -0.3 is 4.90 Å². The van der Waals surface area contributed by atoms with Gasteiger partial charge in [-0.15, -0.1) is 0 Å². The standard InChI is InChI=1S/C14H25N.C4HF9O3S/c1-3-4-5-6-7-8-9-14-10-12-15(2)13-11-14;5-1(6,3(9,10)11)2(7,8)4(12,13)17(14,15)16/h10-12H,3-9,13H2,1-2H3;(H,14,15,16). The van der Waals surface area contributed by atoms with Gasteiger partial charge in [0.15, 0.2) is 0 Å². The maximum Gasteiger partial charge on any atom is 0.460 e. The number of alkyl halides is 9. The molecule has 0 atom stereocenters. The van der Waals surface area contributed by atoms with Crippen LogP contribution in [0.2, 0.25) is 0 Å². The molecular formula is C18H26F9NO3S. The van der Waals surface area contributed by atoms with Crippen LogP contribution in [0.25, 0.3) is 0 Å². The summed E-state index contributed by atoms with van der Waals surface area (Å²) in [4.78, 5) is 2.21. The minimum absolute atomic E-state index is 1.08. The molecule has 32 heavy (non-hydrogen) atoms. The second-order valence-corrected chi connectivity index (χ2v) is 8.65. The first-order valence-corrected chi connectivity index (χ1v) is 11.0. The molecule has 0 saturated heterocycles. The van der Waals surface area contributed by atoms with Crippen molar-refractivity contribution in [2.24, 2.45) is 0 Å². The molecule has 4 nitrogen and oxygen atoms in total. The monoisotopic (exact) mass is 507 g/mol. The zero-order valence-electron chi connectivity index (χ0n) is 17.4. The number of likely N-dealkylation sites (N-methyl/N-ethyl adjacent to an activating group) is 1. The Morgan fingerprint density at radius 1 is 0.906 bits per heavy atom. The molecule has 0 fully saturated rings. The molecule has 0 spiro atoms. The number of hydrogen-bond acceptors (Lipinski definition) is 3. The van der Waals surface area contributed by atoms with Crippen LogP contribution in [0.1, 0.15) is 51.9 Å². The number of allylic oxidation sites excluding steroid dienone is 2. The van der Waals surface area contributed by atoms with Crippen LogP contribution < -0.4 is 0 Å². The highest BCUT2D eigenvalue weighted by molar-refractivity contribution is 7.87. The van der Waals surface area contributed by atoms with Crippen LogP contribution in [0.15, 0.2) is 23.9 Å². The second-order valence-electron chi connectivity index (χ2n) is 7.19. The molecule has 0 aromatic rings. The summed E-state index contributed by atoms with van der Waals surface area (Å²) in [7, 11) is -5.05. The van der Waals surface area contributed by atoms with Crippen molar-refractivity contribution in [2.45, 2.75) is 75.1 Å². The van der Waals surface area contributed by atoms with Crippen LogP contribution in [0.5, 0.6) is 0 Å². The minimum atomic E-state index is -7.37. The lowest BCUT2D eigenvalue weighted by molar-refractivity contribution is -0.382. The Balaban J connectivity index is 0.000000604. The van der Waals surface area contributed by atoms with E-state index in [-0.39, 0.29) is 0 Å². The van der Waals surface area contributed by atoms with Crippen molar-refractivity contribution in [1.82, 2.24) is 4.90 Å². The van der Waals surface area contributed by atoms with Gasteiger partial charge >= 0.3 is 33.4 Å². The molecule has 190 valence electrons. The van der Waals surface area contributed by atoms with E-state index in [2.05, 4.69) is 37.2 Å². The highest BCUT2D eigenvalue weighted by Crippen LogP contribution is 2.54. The van der Waals surface area contributed by atoms with E-state index in [0.717, 1.165) is 6.54 Å². The Kier molecular flexibility index (Phi) is 11.1. The number of nitrogens with zero attached hydrogens (tertiary/aromatic N) is 1. The lowest BCUT2D eigenvalue weighted by Crippen LogP contribution is -2.63. The van der Waals surface area contributed by atoms with E-state index in [1.807, 2.05) is 0 Å². The largest absolute Gasteiger partial charge is 0.460 e. The SMILES string of the molecule is CCCCCCCCC1=CCN(C)C=C1.O=S(=O)(O)C(F)(F)C(F)(F)C(F)(F)C(F)(F)F. The van der Waals surface area contributed by atoms with Gasteiger partial charge in [0.2, 0.25) is 0 Å². The molecule has 0 saturated carbocycles. The molecule has 14 heteroatoms. The molecule has 1 aliphatic rings. The Morgan fingerprint density at radius 3 is 1.81 bits per heavy atom. The van der Waals surface area contributed by atoms with Crippen LogP contribution in [-0.4, -0.2) is 54.7 Å². The minimum Gasteiger partial charge on any atom is -0.377 e. The van der Waals surface area contributed by atoms with Crippen molar-refractivity contribution in [3.05, 3.63) is 23.9 Å². The van der Waals surface area contributed by atoms with Gasteiger partial charge in [0, 0.05) is 13.6 Å². The summed E-state index contributed by atoms with van der Waals surface area (Å²) in [6, 6.07) is 0. The molecule has 1 aliphatic heterocycles. The first-order chi connectivity index (χ1) is 14.3. The average Bonchev–Trinajstić information content (AvgIpc) is 2.64. The van der Waals surface area contributed by atoms with Crippen LogP contribution in [0, 0.1) is 0 Å². The lowest BCUT2D eigenvalue weighted by atomic mass is 10.0. The predicted octanol–water partition coefficient (Wildman–Crippen LogP) is 6.42. The van der Waals surface area contributed by atoms with Gasteiger partial charge in [-0.2, -0.15) is 47.9 Å². The maximum absolute atomic E-state index is 12.2. The summed E-state index contributed by atoms with van der Waals surface area (Å²) in [6.07, 6.45) is 9.31.